The summed E-state index contributed by atoms with van der Waals surface area (Å²) in [7, 11) is 1.89. The van der Waals surface area contributed by atoms with Crippen LogP contribution in [0.1, 0.15) is 10.4 Å². The Kier molecular flexibility index (Phi) is 4.85. The molecule has 106 valence electrons. The molecule has 0 spiro atoms. The summed E-state index contributed by atoms with van der Waals surface area (Å²) in [4.78, 5) is 7.34. The predicted octanol–water partition coefficient (Wildman–Crippen LogP) is 3.29. The minimum atomic E-state index is -0.0362. The molecule has 0 bridgehead atoms. The van der Waals surface area contributed by atoms with Crippen LogP contribution in [0.4, 0.5) is 5.82 Å². The molecule has 0 aliphatic heterocycles. The molecule has 0 atom stereocenters. The van der Waals surface area contributed by atoms with Crippen LogP contribution in [-0.4, -0.2) is 23.1 Å². The first-order valence-electron chi connectivity index (χ1n) is 5.59. The fourth-order valence-corrected chi connectivity index (χ4v) is 3.55. The van der Waals surface area contributed by atoms with E-state index in [4.69, 9.17) is 22.5 Å². The number of pyridine rings is 1. The molecule has 0 amide bonds. The Hall–Kier alpha value is -1.31. The van der Waals surface area contributed by atoms with Crippen molar-refractivity contribution in [3.63, 3.8) is 0 Å². The van der Waals surface area contributed by atoms with E-state index in [2.05, 4.69) is 26.1 Å². The molecule has 5 nitrogen and oxygen atoms in total. The third kappa shape index (κ3) is 3.23. The number of hydrogen-bond donors (Lipinski definition) is 2. The Labute approximate surface area is 133 Å². The molecule has 8 heteroatoms. The zero-order valence-electron chi connectivity index (χ0n) is 10.5. The van der Waals surface area contributed by atoms with Crippen molar-refractivity contribution in [3.8, 4) is 0 Å². The van der Waals surface area contributed by atoms with Crippen molar-refractivity contribution in [2.24, 2.45) is 10.9 Å². The minimum Gasteiger partial charge on any atom is -0.409 e. The van der Waals surface area contributed by atoms with Crippen LogP contribution >= 0.6 is 38.9 Å². The van der Waals surface area contributed by atoms with Gasteiger partial charge in [-0.3, -0.25) is 0 Å². The van der Waals surface area contributed by atoms with Gasteiger partial charge in [0.2, 0.25) is 0 Å². The van der Waals surface area contributed by atoms with Crippen molar-refractivity contribution in [2.45, 2.75) is 6.54 Å². The minimum absolute atomic E-state index is 0.0362. The number of aromatic nitrogens is 1. The molecular formula is C12H12BrClN4OS. The number of amidine groups is 1. The highest BCUT2D eigenvalue weighted by Gasteiger charge is 2.15. The molecule has 20 heavy (non-hydrogen) atoms. The molecule has 0 fully saturated rings. The van der Waals surface area contributed by atoms with Gasteiger partial charge in [0.25, 0.3) is 0 Å². The van der Waals surface area contributed by atoms with E-state index in [-0.39, 0.29) is 5.84 Å². The van der Waals surface area contributed by atoms with Gasteiger partial charge in [-0.1, -0.05) is 16.8 Å². The van der Waals surface area contributed by atoms with E-state index >= 15 is 0 Å². The molecule has 0 saturated carbocycles. The topological polar surface area (TPSA) is 74.7 Å². The Morgan fingerprint density at radius 3 is 3.00 bits per heavy atom. The monoisotopic (exact) mass is 374 g/mol. The first-order chi connectivity index (χ1) is 9.52. The lowest BCUT2D eigenvalue weighted by Gasteiger charge is -2.19. The third-order valence-electron chi connectivity index (χ3n) is 2.63. The maximum atomic E-state index is 8.75. The highest BCUT2D eigenvalue weighted by molar-refractivity contribution is 9.10. The van der Waals surface area contributed by atoms with Gasteiger partial charge in [0, 0.05) is 33.5 Å². The van der Waals surface area contributed by atoms with E-state index in [1.807, 2.05) is 23.4 Å². The van der Waals surface area contributed by atoms with Crippen LogP contribution in [0.25, 0.3) is 0 Å². The van der Waals surface area contributed by atoms with Crippen LogP contribution < -0.4 is 10.6 Å². The van der Waals surface area contributed by atoms with E-state index in [9.17, 15) is 0 Å². The van der Waals surface area contributed by atoms with Gasteiger partial charge >= 0.3 is 0 Å². The van der Waals surface area contributed by atoms with E-state index in [1.54, 1.807) is 23.6 Å². The smallest absolute Gasteiger partial charge is 0.171 e. The Morgan fingerprint density at radius 2 is 2.40 bits per heavy atom. The maximum Gasteiger partial charge on any atom is 0.171 e. The van der Waals surface area contributed by atoms with Gasteiger partial charge in [-0.25, -0.2) is 4.98 Å². The molecule has 0 aliphatic rings. The summed E-state index contributed by atoms with van der Waals surface area (Å²) in [6.07, 6.45) is 1.58. The fraction of sp³-hybridized carbons (Fsp3) is 0.167. The lowest BCUT2D eigenvalue weighted by Crippen LogP contribution is -2.20. The Morgan fingerprint density at radius 1 is 1.65 bits per heavy atom. The molecule has 2 aromatic heterocycles. The first-order valence-corrected chi connectivity index (χ1v) is 7.64. The normalized spacial score (nSPS) is 11.7. The molecule has 2 rings (SSSR count). The molecule has 2 heterocycles. The number of oxime groups is 1. The number of hydrogen-bond acceptors (Lipinski definition) is 5. The first kappa shape index (κ1) is 15.1. The van der Waals surface area contributed by atoms with Gasteiger partial charge in [-0.2, -0.15) is 0 Å². The second kappa shape index (κ2) is 6.43. The number of nitrogens with zero attached hydrogens (tertiary/aromatic N) is 3. The van der Waals surface area contributed by atoms with E-state index in [0.29, 0.717) is 22.9 Å². The van der Waals surface area contributed by atoms with Gasteiger partial charge in [-0.15, -0.1) is 11.3 Å². The van der Waals surface area contributed by atoms with Crippen molar-refractivity contribution < 1.29 is 5.21 Å². The van der Waals surface area contributed by atoms with Crippen molar-refractivity contribution in [3.05, 3.63) is 43.6 Å². The SMILES string of the molecule is CN(Cc1cc(Br)cs1)c1nccc(/C(N)=N/O)c1Cl. The Balaban J connectivity index is 2.28. The fourth-order valence-electron chi connectivity index (χ4n) is 1.70. The summed E-state index contributed by atoms with van der Waals surface area (Å²) >= 11 is 11.3. The zero-order chi connectivity index (χ0) is 14.7. The van der Waals surface area contributed by atoms with Crippen LogP contribution in [0, 0.1) is 0 Å². The highest BCUT2D eigenvalue weighted by atomic mass is 79.9. The maximum absolute atomic E-state index is 8.75. The van der Waals surface area contributed by atoms with Gasteiger partial charge in [-0.05, 0) is 28.1 Å². The molecule has 3 N–H and O–H groups in total. The summed E-state index contributed by atoms with van der Waals surface area (Å²) < 4.78 is 1.05. The molecule has 0 aliphatic carbocycles. The standard InChI is InChI=1S/C12H12BrClN4OS/c1-18(5-8-4-7(13)6-20-8)12-10(14)9(2-3-16-12)11(15)17-19/h2-4,6,19H,5H2,1H3,(H2,15,17). The summed E-state index contributed by atoms with van der Waals surface area (Å²) in [5, 5.41) is 14.1. The van der Waals surface area contributed by atoms with Crippen LogP contribution in [0.2, 0.25) is 5.02 Å². The molecule has 0 unspecified atom stereocenters. The number of thiophene rings is 1. The summed E-state index contributed by atoms with van der Waals surface area (Å²) in [5.41, 5.74) is 6.04. The lowest BCUT2D eigenvalue weighted by molar-refractivity contribution is 0.318. The highest BCUT2D eigenvalue weighted by Crippen LogP contribution is 2.28. The predicted molar refractivity (Wildman–Crippen MR) is 85.9 cm³/mol. The molecule has 0 radical (unpaired) electrons. The van der Waals surface area contributed by atoms with Gasteiger partial charge in [0.1, 0.15) is 5.82 Å². The van der Waals surface area contributed by atoms with Gasteiger partial charge in [0.15, 0.2) is 5.84 Å². The molecular weight excluding hydrogens is 364 g/mol. The average molecular weight is 376 g/mol. The number of rotatable bonds is 4. The molecule has 0 aromatic carbocycles. The van der Waals surface area contributed by atoms with Crippen molar-refractivity contribution >= 4 is 50.5 Å². The van der Waals surface area contributed by atoms with E-state index < -0.39 is 0 Å². The van der Waals surface area contributed by atoms with Gasteiger partial charge in [0.05, 0.1) is 11.6 Å². The van der Waals surface area contributed by atoms with Crippen LogP contribution in [0.3, 0.4) is 0 Å². The van der Waals surface area contributed by atoms with Gasteiger partial charge < -0.3 is 15.8 Å². The van der Waals surface area contributed by atoms with Crippen molar-refractivity contribution in [1.29, 1.82) is 0 Å². The number of nitrogens with two attached hydrogens (primary N) is 1. The van der Waals surface area contributed by atoms with Crippen LogP contribution in [0.15, 0.2) is 33.3 Å². The van der Waals surface area contributed by atoms with Crippen molar-refractivity contribution in [1.82, 2.24) is 4.98 Å². The zero-order valence-corrected chi connectivity index (χ0v) is 13.7. The van der Waals surface area contributed by atoms with E-state index in [0.717, 1.165) is 4.47 Å². The summed E-state index contributed by atoms with van der Waals surface area (Å²) in [6.45, 7) is 0.669. The largest absolute Gasteiger partial charge is 0.409 e. The Bertz CT molecular complexity index is 646. The van der Waals surface area contributed by atoms with Crippen LogP contribution in [-0.2, 0) is 6.54 Å². The average Bonchev–Trinajstić information content (AvgIpc) is 2.83. The second-order valence-electron chi connectivity index (χ2n) is 4.07. The van der Waals surface area contributed by atoms with Crippen LogP contribution in [0.5, 0.6) is 0 Å². The molecule has 2 aromatic rings. The summed E-state index contributed by atoms with van der Waals surface area (Å²) in [6, 6.07) is 3.65. The second-order valence-corrected chi connectivity index (χ2v) is 6.36. The quantitative estimate of drug-likeness (QED) is 0.372. The lowest BCUT2D eigenvalue weighted by atomic mass is 10.2. The number of halogens is 2. The third-order valence-corrected chi connectivity index (χ3v) is 4.69. The van der Waals surface area contributed by atoms with E-state index in [1.165, 1.54) is 4.88 Å². The number of anilines is 1. The summed E-state index contributed by atoms with van der Waals surface area (Å²) in [5.74, 6) is 0.547. The molecule has 0 saturated heterocycles. The van der Waals surface area contributed by atoms with Crippen molar-refractivity contribution in [2.75, 3.05) is 11.9 Å².